The van der Waals surface area contributed by atoms with E-state index in [4.69, 9.17) is 0 Å². The van der Waals surface area contributed by atoms with Crippen LogP contribution in [0.5, 0.6) is 0 Å². The van der Waals surface area contributed by atoms with E-state index >= 15 is 0 Å². The summed E-state index contributed by atoms with van der Waals surface area (Å²) >= 11 is 0. The first kappa shape index (κ1) is 12.2. The smallest absolute Gasteiger partial charge is 0.251 e. The first-order valence-corrected chi connectivity index (χ1v) is 5.09. The van der Waals surface area contributed by atoms with E-state index in [1.165, 1.54) is 10.6 Å². The number of hydrogen-bond donors (Lipinski definition) is 1. The van der Waals surface area contributed by atoms with Gasteiger partial charge in [0.1, 0.15) is 0 Å². The number of aryl methyl sites for hydroxylation is 1. The fourth-order valence-electron chi connectivity index (χ4n) is 1.14. The van der Waals surface area contributed by atoms with Crippen molar-refractivity contribution in [1.82, 2.24) is 9.88 Å². The van der Waals surface area contributed by atoms with E-state index in [0.717, 1.165) is 5.57 Å². The number of aromatic nitrogens is 1. The molecule has 1 aromatic heterocycles. The molecule has 0 aliphatic carbocycles. The summed E-state index contributed by atoms with van der Waals surface area (Å²) in [6, 6.07) is 2.96. The minimum Gasteiger partial charge on any atom is -0.349 e. The summed E-state index contributed by atoms with van der Waals surface area (Å²) in [6.07, 6.45) is 3.50. The molecule has 0 unspecified atom stereocenters. The molecule has 0 bridgehead atoms. The van der Waals surface area contributed by atoms with Gasteiger partial charge in [0.2, 0.25) is 0 Å². The highest BCUT2D eigenvalue weighted by molar-refractivity contribution is 5.94. The van der Waals surface area contributed by atoms with Crippen LogP contribution in [-0.2, 0) is 7.05 Å². The fourth-order valence-corrected chi connectivity index (χ4v) is 1.14. The maximum atomic E-state index is 11.6. The van der Waals surface area contributed by atoms with E-state index in [1.54, 1.807) is 19.3 Å². The third-order valence-corrected chi connectivity index (χ3v) is 2.14. The van der Waals surface area contributed by atoms with Crippen LogP contribution >= 0.6 is 0 Å². The van der Waals surface area contributed by atoms with Crippen LogP contribution < -0.4 is 10.9 Å². The van der Waals surface area contributed by atoms with Crippen molar-refractivity contribution in [2.24, 2.45) is 7.05 Å². The highest BCUT2D eigenvalue weighted by Crippen LogP contribution is 1.94. The van der Waals surface area contributed by atoms with Gasteiger partial charge in [0.15, 0.2) is 0 Å². The standard InChI is InChI=1S/C12H16N2O2/c1-9(2)4-6-13-12(16)10-5-7-14(3)11(15)8-10/h4-5,7-8H,6H2,1-3H3,(H,13,16). The first-order valence-electron chi connectivity index (χ1n) is 5.09. The minimum absolute atomic E-state index is 0.185. The van der Waals surface area contributed by atoms with Crippen molar-refractivity contribution in [2.45, 2.75) is 13.8 Å². The average Bonchev–Trinajstić information content (AvgIpc) is 2.21. The van der Waals surface area contributed by atoms with Gasteiger partial charge in [0.05, 0.1) is 0 Å². The Kier molecular flexibility index (Phi) is 4.05. The first-order chi connectivity index (χ1) is 7.50. The Morgan fingerprint density at radius 3 is 2.75 bits per heavy atom. The molecule has 1 N–H and O–H groups in total. The van der Waals surface area contributed by atoms with Crippen LogP contribution in [0.15, 0.2) is 34.8 Å². The summed E-state index contributed by atoms with van der Waals surface area (Å²) in [5.41, 5.74) is 1.35. The van der Waals surface area contributed by atoms with Crippen molar-refractivity contribution in [3.05, 3.63) is 45.9 Å². The van der Waals surface area contributed by atoms with Crippen molar-refractivity contribution in [3.63, 3.8) is 0 Å². The number of rotatable bonds is 3. The molecule has 4 nitrogen and oxygen atoms in total. The number of nitrogens with zero attached hydrogens (tertiary/aromatic N) is 1. The van der Waals surface area contributed by atoms with Crippen molar-refractivity contribution < 1.29 is 4.79 Å². The molecule has 1 rings (SSSR count). The Morgan fingerprint density at radius 1 is 1.50 bits per heavy atom. The van der Waals surface area contributed by atoms with Gasteiger partial charge in [-0.15, -0.1) is 0 Å². The molecule has 0 spiro atoms. The van der Waals surface area contributed by atoms with E-state index in [2.05, 4.69) is 5.32 Å². The Balaban J connectivity index is 2.70. The zero-order valence-electron chi connectivity index (χ0n) is 9.78. The van der Waals surface area contributed by atoms with Gasteiger partial charge < -0.3 is 9.88 Å². The Morgan fingerprint density at radius 2 is 2.19 bits per heavy atom. The quantitative estimate of drug-likeness (QED) is 0.775. The van der Waals surface area contributed by atoms with Crippen LogP contribution in [0.25, 0.3) is 0 Å². The van der Waals surface area contributed by atoms with Crippen LogP contribution in [0.1, 0.15) is 24.2 Å². The maximum absolute atomic E-state index is 11.6. The minimum atomic E-state index is -0.227. The van der Waals surface area contributed by atoms with Crippen molar-refractivity contribution >= 4 is 5.91 Å². The third kappa shape index (κ3) is 3.38. The van der Waals surface area contributed by atoms with Gasteiger partial charge >= 0.3 is 0 Å². The lowest BCUT2D eigenvalue weighted by atomic mass is 10.2. The number of carbonyl (C=O) groups excluding carboxylic acids is 1. The van der Waals surface area contributed by atoms with Crippen LogP contribution in [0, 0.1) is 0 Å². The molecule has 0 aromatic carbocycles. The number of pyridine rings is 1. The Labute approximate surface area is 94.6 Å². The summed E-state index contributed by atoms with van der Waals surface area (Å²) < 4.78 is 1.42. The zero-order chi connectivity index (χ0) is 12.1. The van der Waals surface area contributed by atoms with Gasteiger partial charge in [0.25, 0.3) is 11.5 Å². The number of carbonyl (C=O) groups is 1. The second kappa shape index (κ2) is 5.30. The van der Waals surface area contributed by atoms with E-state index in [-0.39, 0.29) is 11.5 Å². The van der Waals surface area contributed by atoms with E-state index < -0.39 is 0 Å². The third-order valence-electron chi connectivity index (χ3n) is 2.14. The van der Waals surface area contributed by atoms with Gasteiger partial charge in [-0.25, -0.2) is 0 Å². The van der Waals surface area contributed by atoms with E-state index in [9.17, 15) is 9.59 Å². The van der Waals surface area contributed by atoms with Crippen LogP contribution in [0.2, 0.25) is 0 Å². The predicted octanol–water partition coefficient (Wildman–Crippen LogP) is 1.08. The Bertz CT molecular complexity index is 468. The Hall–Kier alpha value is -1.84. The SMILES string of the molecule is CC(C)=CCNC(=O)c1ccn(C)c(=O)c1. The van der Waals surface area contributed by atoms with E-state index in [1.807, 2.05) is 19.9 Å². The topological polar surface area (TPSA) is 51.1 Å². The van der Waals surface area contributed by atoms with Crippen molar-refractivity contribution in [3.8, 4) is 0 Å². The normalized spacial score (nSPS) is 9.69. The monoisotopic (exact) mass is 220 g/mol. The van der Waals surface area contributed by atoms with Gasteiger partial charge in [-0.2, -0.15) is 0 Å². The number of nitrogens with one attached hydrogen (secondary N) is 1. The lowest BCUT2D eigenvalue weighted by Gasteiger charge is -2.03. The molecule has 0 radical (unpaired) electrons. The molecule has 0 aliphatic rings. The fraction of sp³-hybridized carbons (Fsp3) is 0.333. The number of amides is 1. The number of allylic oxidation sites excluding steroid dienone is 1. The van der Waals surface area contributed by atoms with Gasteiger partial charge in [-0.05, 0) is 19.9 Å². The molecule has 4 heteroatoms. The highest BCUT2D eigenvalue weighted by atomic mass is 16.2. The molecule has 0 fully saturated rings. The molecule has 86 valence electrons. The van der Waals surface area contributed by atoms with Crippen LogP contribution in [0.4, 0.5) is 0 Å². The molecule has 1 aromatic rings. The second-order valence-corrected chi connectivity index (χ2v) is 3.86. The second-order valence-electron chi connectivity index (χ2n) is 3.86. The molecule has 0 aliphatic heterocycles. The molecule has 0 atom stereocenters. The molecule has 16 heavy (non-hydrogen) atoms. The van der Waals surface area contributed by atoms with Gasteiger partial charge in [-0.1, -0.05) is 11.6 Å². The zero-order valence-corrected chi connectivity index (χ0v) is 9.78. The number of hydrogen-bond acceptors (Lipinski definition) is 2. The summed E-state index contributed by atoms with van der Waals surface area (Å²) in [5, 5.41) is 2.71. The van der Waals surface area contributed by atoms with Gasteiger partial charge in [0, 0.05) is 31.4 Å². The molecular weight excluding hydrogens is 204 g/mol. The maximum Gasteiger partial charge on any atom is 0.251 e. The van der Waals surface area contributed by atoms with Crippen molar-refractivity contribution in [2.75, 3.05) is 6.54 Å². The molecule has 1 heterocycles. The van der Waals surface area contributed by atoms with Crippen molar-refractivity contribution in [1.29, 1.82) is 0 Å². The molecule has 0 saturated carbocycles. The van der Waals surface area contributed by atoms with Crippen LogP contribution in [0.3, 0.4) is 0 Å². The summed E-state index contributed by atoms with van der Waals surface area (Å²) in [6.45, 7) is 4.41. The lowest BCUT2D eigenvalue weighted by Crippen LogP contribution is -2.26. The lowest BCUT2D eigenvalue weighted by molar-refractivity contribution is 0.0957. The average molecular weight is 220 g/mol. The van der Waals surface area contributed by atoms with Gasteiger partial charge in [-0.3, -0.25) is 9.59 Å². The molecular formula is C12H16N2O2. The largest absolute Gasteiger partial charge is 0.349 e. The molecule has 1 amide bonds. The summed E-state index contributed by atoms with van der Waals surface area (Å²) in [5.74, 6) is -0.227. The highest BCUT2D eigenvalue weighted by Gasteiger charge is 2.04. The van der Waals surface area contributed by atoms with E-state index in [0.29, 0.717) is 12.1 Å². The summed E-state index contributed by atoms with van der Waals surface area (Å²) in [4.78, 5) is 22.9. The predicted molar refractivity (Wildman–Crippen MR) is 63.4 cm³/mol. The molecule has 0 saturated heterocycles. The summed E-state index contributed by atoms with van der Waals surface area (Å²) in [7, 11) is 1.65. The van der Waals surface area contributed by atoms with Crippen LogP contribution in [-0.4, -0.2) is 17.0 Å².